The molecule has 1 heterocycles. The summed E-state index contributed by atoms with van der Waals surface area (Å²) >= 11 is 1.17. The van der Waals surface area contributed by atoms with Crippen molar-refractivity contribution in [3.63, 3.8) is 0 Å². The van der Waals surface area contributed by atoms with Crippen molar-refractivity contribution in [2.45, 2.75) is 0 Å². The minimum Gasteiger partial charge on any atom is -0.506 e. The van der Waals surface area contributed by atoms with Crippen LogP contribution in [0, 0.1) is 0 Å². The van der Waals surface area contributed by atoms with Gasteiger partial charge in [-0.15, -0.1) is 11.3 Å². The Labute approximate surface area is 171 Å². The van der Waals surface area contributed by atoms with Crippen LogP contribution >= 0.6 is 11.3 Å². The van der Waals surface area contributed by atoms with Gasteiger partial charge in [-0.3, -0.25) is 9.59 Å². The molecular formula is C23H16N2O3S. The molecule has 142 valence electrons. The summed E-state index contributed by atoms with van der Waals surface area (Å²) in [5.74, 6) is -1.13. The summed E-state index contributed by atoms with van der Waals surface area (Å²) in [4.78, 5) is 29.9. The second kappa shape index (κ2) is 7.69. The fourth-order valence-corrected chi connectivity index (χ4v) is 4.09. The zero-order valence-electron chi connectivity index (χ0n) is 15.2. The molecule has 0 atom stereocenters. The first kappa shape index (κ1) is 18.6. The predicted molar refractivity (Wildman–Crippen MR) is 113 cm³/mol. The molecule has 5 nitrogen and oxygen atoms in total. The average molecular weight is 400 g/mol. The van der Waals surface area contributed by atoms with Crippen molar-refractivity contribution in [3.8, 4) is 27.6 Å². The van der Waals surface area contributed by atoms with Crippen LogP contribution in [0.4, 0.5) is 0 Å². The molecule has 4 aromatic rings. The number of primary amides is 1. The zero-order chi connectivity index (χ0) is 20.4. The number of rotatable bonds is 5. The number of nitrogens with two attached hydrogens (primary N) is 1. The Hall–Kier alpha value is -3.77. The van der Waals surface area contributed by atoms with Crippen LogP contribution in [-0.4, -0.2) is 21.8 Å². The Kier molecular flexibility index (Phi) is 4.93. The number of para-hydroxylation sites is 1. The molecule has 0 aliphatic heterocycles. The zero-order valence-corrected chi connectivity index (χ0v) is 16.0. The molecule has 0 bridgehead atoms. The summed E-state index contributed by atoms with van der Waals surface area (Å²) in [6.45, 7) is 0. The summed E-state index contributed by atoms with van der Waals surface area (Å²) in [6, 6.07) is 23.1. The van der Waals surface area contributed by atoms with E-state index in [-0.39, 0.29) is 17.1 Å². The number of aromatic nitrogens is 1. The van der Waals surface area contributed by atoms with Gasteiger partial charge < -0.3 is 10.8 Å². The minimum atomic E-state index is -0.732. The highest BCUT2D eigenvalue weighted by Gasteiger charge is 2.23. The summed E-state index contributed by atoms with van der Waals surface area (Å²) in [5, 5.41) is 11.0. The Morgan fingerprint density at radius 2 is 1.52 bits per heavy atom. The van der Waals surface area contributed by atoms with Crippen LogP contribution in [0.25, 0.3) is 21.8 Å². The van der Waals surface area contributed by atoms with Gasteiger partial charge in [0.05, 0.1) is 16.8 Å². The van der Waals surface area contributed by atoms with E-state index < -0.39 is 5.91 Å². The van der Waals surface area contributed by atoms with Crippen LogP contribution in [-0.2, 0) is 0 Å². The van der Waals surface area contributed by atoms with Gasteiger partial charge in [0, 0.05) is 11.1 Å². The third kappa shape index (κ3) is 3.53. The van der Waals surface area contributed by atoms with E-state index >= 15 is 0 Å². The third-order valence-electron chi connectivity index (χ3n) is 4.45. The molecule has 0 aliphatic carbocycles. The normalized spacial score (nSPS) is 10.6. The van der Waals surface area contributed by atoms with Crippen LogP contribution in [0.2, 0.25) is 0 Å². The van der Waals surface area contributed by atoms with Gasteiger partial charge in [-0.05, 0) is 12.1 Å². The third-order valence-corrected chi connectivity index (χ3v) is 5.54. The van der Waals surface area contributed by atoms with Gasteiger partial charge in [0.1, 0.15) is 15.6 Å². The molecule has 0 fully saturated rings. The van der Waals surface area contributed by atoms with Crippen LogP contribution < -0.4 is 5.73 Å². The lowest BCUT2D eigenvalue weighted by atomic mass is 10.0. The number of amides is 1. The van der Waals surface area contributed by atoms with Gasteiger partial charge in [-0.2, -0.15) is 0 Å². The number of aromatic hydroxyl groups is 1. The fourth-order valence-electron chi connectivity index (χ4n) is 3.02. The van der Waals surface area contributed by atoms with Crippen LogP contribution in [0.5, 0.6) is 5.75 Å². The predicted octanol–water partition coefficient (Wildman–Crippen LogP) is 4.51. The smallest absolute Gasteiger partial charge is 0.252 e. The maximum Gasteiger partial charge on any atom is 0.252 e. The largest absolute Gasteiger partial charge is 0.506 e. The summed E-state index contributed by atoms with van der Waals surface area (Å²) < 4.78 is 0. The Morgan fingerprint density at radius 3 is 2.17 bits per heavy atom. The molecule has 6 heteroatoms. The van der Waals surface area contributed by atoms with Gasteiger partial charge in [-0.25, -0.2) is 4.98 Å². The SMILES string of the molecule is NC(=O)c1cccc(-c2nc(-c3ccccc3)c(C(=O)c3ccccc3)s2)c1O. The highest BCUT2D eigenvalue weighted by atomic mass is 32.1. The van der Waals surface area contributed by atoms with Gasteiger partial charge in [-0.1, -0.05) is 66.7 Å². The molecule has 3 aromatic carbocycles. The molecule has 29 heavy (non-hydrogen) atoms. The molecular weight excluding hydrogens is 384 g/mol. The number of ketones is 1. The van der Waals surface area contributed by atoms with Crippen molar-refractivity contribution < 1.29 is 14.7 Å². The first-order valence-electron chi connectivity index (χ1n) is 8.84. The van der Waals surface area contributed by atoms with Crippen molar-refractivity contribution in [2.24, 2.45) is 5.73 Å². The van der Waals surface area contributed by atoms with Crippen LogP contribution in [0.15, 0.2) is 78.9 Å². The highest BCUT2D eigenvalue weighted by molar-refractivity contribution is 7.17. The monoisotopic (exact) mass is 400 g/mol. The number of thiazole rings is 1. The van der Waals surface area contributed by atoms with Crippen LogP contribution in [0.3, 0.4) is 0 Å². The standard InChI is InChI=1S/C23H16N2O3S/c24-22(28)16-12-7-13-17(20(16)27)23-25-18(14-8-3-1-4-9-14)21(29-23)19(26)15-10-5-2-6-11-15/h1-13,27H,(H2,24,28). The molecule has 0 unspecified atom stereocenters. The first-order chi connectivity index (χ1) is 14.1. The number of carbonyl (C=O) groups excluding carboxylic acids is 2. The van der Waals surface area contributed by atoms with E-state index in [1.807, 2.05) is 36.4 Å². The lowest BCUT2D eigenvalue weighted by molar-refractivity contribution is 0.0996. The topological polar surface area (TPSA) is 93.3 Å². The highest BCUT2D eigenvalue weighted by Crippen LogP contribution is 2.39. The molecule has 3 N–H and O–H groups in total. The number of hydrogen-bond donors (Lipinski definition) is 2. The second-order valence-corrected chi connectivity index (χ2v) is 7.32. The maximum absolute atomic E-state index is 13.2. The van der Waals surface area contributed by atoms with Gasteiger partial charge in [0.2, 0.25) is 5.78 Å². The first-order valence-corrected chi connectivity index (χ1v) is 9.66. The van der Waals surface area contributed by atoms with Crippen molar-refractivity contribution in [1.29, 1.82) is 0 Å². The molecule has 4 rings (SSSR count). The Morgan fingerprint density at radius 1 is 0.862 bits per heavy atom. The summed E-state index contributed by atoms with van der Waals surface area (Å²) in [5.41, 5.74) is 7.58. The lowest BCUT2D eigenvalue weighted by Crippen LogP contribution is -2.11. The van der Waals surface area contributed by atoms with E-state index in [1.54, 1.807) is 36.4 Å². The van der Waals surface area contributed by atoms with Gasteiger partial charge >= 0.3 is 0 Å². The molecule has 0 saturated carbocycles. The van der Waals surface area contributed by atoms with Gasteiger partial charge in [0.15, 0.2) is 0 Å². The molecule has 1 amide bonds. The van der Waals surface area contributed by atoms with E-state index in [0.717, 1.165) is 5.56 Å². The second-order valence-electron chi connectivity index (χ2n) is 6.32. The van der Waals surface area contributed by atoms with E-state index in [1.165, 1.54) is 17.4 Å². The average Bonchev–Trinajstić information content (AvgIpc) is 3.19. The number of phenols is 1. The molecule has 0 saturated heterocycles. The number of hydrogen-bond acceptors (Lipinski definition) is 5. The van der Waals surface area contributed by atoms with E-state index in [4.69, 9.17) is 5.73 Å². The molecule has 0 radical (unpaired) electrons. The van der Waals surface area contributed by atoms with E-state index in [2.05, 4.69) is 4.98 Å². The number of nitrogens with zero attached hydrogens (tertiary/aromatic N) is 1. The van der Waals surface area contributed by atoms with Crippen molar-refractivity contribution in [3.05, 3.63) is 94.9 Å². The summed E-state index contributed by atoms with van der Waals surface area (Å²) in [6.07, 6.45) is 0. The Balaban J connectivity index is 1.91. The Bertz CT molecular complexity index is 1200. The summed E-state index contributed by atoms with van der Waals surface area (Å²) in [7, 11) is 0. The van der Waals surface area contributed by atoms with E-state index in [9.17, 15) is 14.7 Å². The number of benzene rings is 3. The maximum atomic E-state index is 13.2. The fraction of sp³-hybridized carbons (Fsp3) is 0. The lowest BCUT2D eigenvalue weighted by Gasteiger charge is -2.04. The van der Waals surface area contributed by atoms with Crippen molar-refractivity contribution in [2.75, 3.05) is 0 Å². The van der Waals surface area contributed by atoms with Crippen LogP contribution in [0.1, 0.15) is 25.6 Å². The van der Waals surface area contributed by atoms with Crippen molar-refractivity contribution >= 4 is 23.0 Å². The molecule has 0 aliphatic rings. The number of carbonyl (C=O) groups is 2. The van der Waals surface area contributed by atoms with Gasteiger partial charge in [0.25, 0.3) is 5.91 Å². The quantitative estimate of drug-likeness (QED) is 0.482. The minimum absolute atomic E-state index is 0.00916. The van der Waals surface area contributed by atoms with Crippen molar-refractivity contribution in [1.82, 2.24) is 4.98 Å². The molecule has 0 spiro atoms. The van der Waals surface area contributed by atoms with E-state index in [0.29, 0.717) is 26.7 Å². The molecule has 1 aromatic heterocycles.